The topological polar surface area (TPSA) is 60.7 Å². The third kappa shape index (κ3) is 2.67. The standard InChI is InChI=1S/C11H14N4/c12-6-9-3-4-11(14-7-9)15-10-2-1-5-13-8-10/h3-4,7,10,13H,1-2,5,8H2,(H,14,15)/t10-/m0/s1. The van der Waals surface area contributed by atoms with Crippen LogP contribution < -0.4 is 10.6 Å². The minimum atomic E-state index is 0.458. The number of aromatic nitrogens is 1. The Morgan fingerprint density at radius 3 is 3.07 bits per heavy atom. The second-order valence-corrected chi connectivity index (χ2v) is 3.73. The van der Waals surface area contributed by atoms with E-state index < -0.39 is 0 Å². The number of hydrogen-bond donors (Lipinski definition) is 2. The van der Waals surface area contributed by atoms with E-state index in [1.807, 2.05) is 6.07 Å². The molecule has 4 heteroatoms. The quantitative estimate of drug-likeness (QED) is 0.754. The molecule has 15 heavy (non-hydrogen) atoms. The number of anilines is 1. The van der Waals surface area contributed by atoms with Crippen LogP contribution in [0.3, 0.4) is 0 Å². The molecule has 78 valence electrons. The van der Waals surface area contributed by atoms with Crippen LogP contribution in [0.15, 0.2) is 18.3 Å². The van der Waals surface area contributed by atoms with Gasteiger partial charge in [-0.25, -0.2) is 4.98 Å². The fourth-order valence-electron chi connectivity index (χ4n) is 1.73. The first-order valence-electron chi connectivity index (χ1n) is 5.22. The van der Waals surface area contributed by atoms with Gasteiger partial charge in [-0.3, -0.25) is 0 Å². The highest BCUT2D eigenvalue weighted by Gasteiger charge is 2.12. The number of rotatable bonds is 2. The first kappa shape index (κ1) is 9.94. The molecule has 0 bridgehead atoms. The van der Waals surface area contributed by atoms with Crippen molar-refractivity contribution in [2.24, 2.45) is 0 Å². The summed E-state index contributed by atoms with van der Waals surface area (Å²) in [7, 11) is 0. The minimum Gasteiger partial charge on any atom is -0.366 e. The average molecular weight is 202 g/mol. The van der Waals surface area contributed by atoms with Crippen LogP contribution in [0.1, 0.15) is 18.4 Å². The van der Waals surface area contributed by atoms with Gasteiger partial charge in [0.15, 0.2) is 0 Å². The van der Waals surface area contributed by atoms with Gasteiger partial charge in [-0.05, 0) is 31.5 Å². The summed E-state index contributed by atoms with van der Waals surface area (Å²) >= 11 is 0. The van der Waals surface area contributed by atoms with Gasteiger partial charge in [0.05, 0.1) is 5.56 Å². The van der Waals surface area contributed by atoms with Gasteiger partial charge < -0.3 is 10.6 Å². The van der Waals surface area contributed by atoms with Gasteiger partial charge in [0.25, 0.3) is 0 Å². The number of nitrogens with one attached hydrogen (secondary N) is 2. The summed E-state index contributed by atoms with van der Waals surface area (Å²) in [4.78, 5) is 4.18. The summed E-state index contributed by atoms with van der Waals surface area (Å²) in [6.07, 6.45) is 3.97. The second-order valence-electron chi connectivity index (χ2n) is 3.73. The maximum absolute atomic E-state index is 8.63. The molecule has 1 aromatic heterocycles. The zero-order valence-corrected chi connectivity index (χ0v) is 8.53. The molecule has 0 aromatic carbocycles. The molecule has 0 unspecified atom stereocenters. The summed E-state index contributed by atoms with van der Waals surface area (Å²) in [6.45, 7) is 2.10. The fourth-order valence-corrected chi connectivity index (χ4v) is 1.73. The maximum atomic E-state index is 8.63. The van der Waals surface area contributed by atoms with Crippen molar-refractivity contribution in [3.05, 3.63) is 23.9 Å². The van der Waals surface area contributed by atoms with E-state index >= 15 is 0 Å². The number of pyridine rings is 1. The first-order valence-corrected chi connectivity index (χ1v) is 5.22. The van der Waals surface area contributed by atoms with Crippen molar-refractivity contribution in [2.45, 2.75) is 18.9 Å². The SMILES string of the molecule is N#Cc1ccc(N[C@H]2CCCNC2)nc1. The molecule has 0 spiro atoms. The Balaban J connectivity index is 1.95. The molecule has 2 heterocycles. The predicted octanol–water partition coefficient (Wildman–Crippen LogP) is 1.12. The molecule has 1 aliphatic rings. The molecule has 1 atom stereocenters. The van der Waals surface area contributed by atoms with Crippen LogP contribution in [0.2, 0.25) is 0 Å². The van der Waals surface area contributed by atoms with Crippen LogP contribution >= 0.6 is 0 Å². The summed E-state index contributed by atoms with van der Waals surface area (Å²) in [5, 5.41) is 15.3. The average Bonchev–Trinajstić information content (AvgIpc) is 2.31. The zero-order valence-electron chi connectivity index (χ0n) is 8.53. The van der Waals surface area contributed by atoms with Gasteiger partial charge >= 0.3 is 0 Å². The molecular formula is C11H14N4. The van der Waals surface area contributed by atoms with Crippen molar-refractivity contribution in [1.82, 2.24) is 10.3 Å². The van der Waals surface area contributed by atoms with Crippen molar-refractivity contribution in [2.75, 3.05) is 18.4 Å². The lowest BCUT2D eigenvalue weighted by Gasteiger charge is -2.24. The number of hydrogen-bond acceptors (Lipinski definition) is 4. The van der Waals surface area contributed by atoms with Gasteiger partial charge in [-0.15, -0.1) is 0 Å². The van der Waals surface area contributed by atoms with Crippen molar-refractivity contribution in [3.8, 4) is 6.07 Å². The van der Waals surface area contributed by atoms with E-state index in [0.29, 0.717) is 11.6 Å². The molecule has 0 aliphatic carbocycles. The molecule has 4 nitrogen and oxygen atoms in total. The lowest BCUT2D eigenvalue weighted by atomic mass is 10.1. The molecule has 1 saturated heterocycles. The Morgan fingerprint density at radius 2 is 2.47 bits per heavy atom. The molecule has 2 N–H and O–H groups in total. The Kier molecular flexibility index (Phi) is 3.15. The van der Waals surface area contributed by atoms with Gasteiger partial charge in [-0.1, -0.05) is 0 Å². The molecule has 1 aliphatic heterocycles. The van der Waals surface area contributed by atoms with Crippen LogP contribution in [0, 0.1) is 11.3 Å². The van der Waals surface area contributed by atoms with Gasteiger partial charge in [0, 0.05) is 18.8 Å². The highest BCUT2D eigenvalue weighted by Crippen LogP contribution is 2.10. The highest BCUT2D eigenvalue weighted by atomic mass is 15.1. The molecule has 2 rings (SSSR count). The maximum Gasteiger partial charge on any atom is 0.126 e. The van der Waals surface area contributed by atoms with Crippen LogP contribution in [0.25, 0.3) is 0 Å². The Labute approximate surface area is 89.3 Å². The second kappa shape index (κ2) is 4.76. The van der Waals surface area contributed by atoms with Crippen LogP contribution in [0.5, 0.6) is 0 Å². The van der Waals surface area contributed by atoms with Crippen LogP contribution in [0.4, 0.5) is 5.82 Å². The van der Waals surface area contributed by atoms with Crippen molar-refractivity contribution in [3.63, 3.8) is 0 Å². The normalized spacial score (nSPS) is 20.6. The predicted molar refractivity (Wildman–Crippen MR) is 58.5 cm³/mol. The molecule has 1 fully saturated rings. The van der Waals surface area contributed by atoms with Gasteiger partial charge in [0.1, 0.15) is 11.9 Å². The van der Waals surface area contributed by atoms with Crippen molar-refractivity contribution >= 4 is 5.82 Å². The number of piperidine rings is 1. The monoisotopic (exact) mass is 202 g/mol. The summed E-state index contributed by atoms with van der Waals surface area (Å²) < 4.78 is 0. The molecular weight excluding hydrogens is 188 g/mol. The van der Waals surface area contributed by atoms with E-state index in [1.165, 1.54) is 12.8 Å². The number of nitrogens with zero attached hydrogens (tertiary/aromatic N) is 2. The first-order chi connectivity index (χ1) is 7.38. The summed E-state index contributed by atoms with van der Waals surface area (Å²) in [6, 6.07) is 6.15. The van der Waals surface area contributed by atoms with E-state index in [-0.39, 0.29) is 0 Å². The molecule has 0 saturated carbocycles. The van der Waals surface area contributed by atoms with Gasteiger partial charge in [0.2, 0.25) is 0 Å². The van der Waals surface area contributed by atoms with E-state index in [1.54, 1.807) is 12.3 Å². The molecule has 0 amide bonds. The Morgan fingerprint density at radius 1 is 1.53 bits per heavy atom. The lowest BCUT2D eigenvalue weighted by molar-refractivity contribution is 0.479. The third-order valence-corrected chi connectivity index (χ3v) is 2.54. The Hall–Kier alpha value is -1.60. The highest BCUT2D eigenvalue weighted by molar-refractivity contribution is 5.39. The van der Waals surface area contributed by atoms with Gasteiger partial charge in [-0.2, -0.15) is 5.26 Å². The fraction of sp³-hybridized carbons (Fsp3) is 0.455. The third-order valence-electron chi connectivity index (χ3n) is 2.54. The minimum absolute atomic E-state index is 0.458. The summed E-state index contributed by atoms with van der Waals surface area (Å²) in [5.74, 6) is 0.850. The van der Waals surface area contributed by atoms with Crippen LogP contribution in [-0.4, -0.2) is 24.1 Å². The largest absolute Gasteiger partial charge is 0.366 e. The van der Waals surface area contributed by atoms with E-state index in [4.69, 9.17) is 5.26 Å². The zero-order chi connectivity index (χ0) is 10.5. The van der Waals surface area contributed by atoms with E-state index in [0.717, 1.165) is 18.9 Å². The molecule has 0 radical (unpaired) electrons. The summed E-state index contributed by atoms with van der Waals surface area (Å²) in [5.41, 5.74) is 0.599. The van der Waals surface area contributed by atoms with E-state index in [9.17, 15) is 0 Å². The van der Waals surface area contributed by atoms with E-state index in [2.05, 4.69) is 21.7 Å². The molecule has 1 aromatic rings. The van der Waals surface area contributed by atoms with Crippen molar-refractivity contribution < 1.29 is 0 Å². The van der Waals surface area contributed by atoms with Crippen molar-refractivity contribution in [1.29, 1.82) is 5.26 Å². The lowest BCUT2D eigenvalue weighted by Crippen LogP contribution is -2.38. The smallest absolute Gasteiger partial charge is 0.126 e. The van der Waals surface area contributed by atoms with Crippen LogP contribution in [-0.2, 0) is 0 Å². The number of nitriles is 1. The Bertz CT molecular complexity index is 346.